The lowest BCUT2D eigenvalue weighted by molar-refractivity contribution is -0.148. The van der Waals surface area contributed by atoms with Crippen molar-refractivity contribution in [3.63, 3.8) is 0 Å². The maximum Gasteiger partial charge on any atom is 0.317 e. The van der Waals surface area contributed by atoms with Crippen molar-refractivity contribution >= 4 is 5.97 Å². The first kappa shape index (κ1) is 16.6. The Morgan fingerprint density at radius 1 is 1.30 bits per heavy atom. The number of aryl methyl sites for hydroxylation is 1. The molecule has 3 N–H and O–H groups in total. The van der Waals surface area contributed by atoms with Gasteiger partial charge >= 0.3 is 5.97 Å². The minimum atomic E-state index is -0.905. The average molecular weight is 281 g/mol. The molecule has 5 nitrogen and oxygen atoms in total. The number of esters is 1. The van der Waals surface area contributed by atoms with Crippen LogP contribution < -0.4 is 5.73 Å². The van der Waals surface area contributed by atoms with E-state index in [1.807, 2.05) is 31.2 Å². The van der Waals surface area contributed by atoms with E-state index in [4.69, 9.17) is 20.3 Å². The summed E-state index contributed by atoms with van der Waals surface area (Å²) in [5, 5.41) is 8.71. The highest BCUT2D eigenvalue weighted by molar-refractivity contribution is 5.83. The molecule has 1 rings (SSSR count). The normalized spacial score (nSPS) is 13.8. The molecule has 1 aromatic rings. The van der Waals surface area contributed by atoms with Gasteiger partial charge in [0.25, 0.3) is 0 Å². The molecule has 0 heterocycles. The van der Waals surface area contributed by atoms with Gasteiger partial charge in [-0.25, -0.2) is 0 Å². The Balaban J connectivity index is 2.98. The smallest absolute Gasteiger partial charge is 0.317 e. The molecule has 0 aromatic heterocycles. The molecule has 0 amide bonds. The van der Waals surface area contributed by atoms with E-state index in [-0.39, 0.29) is 25.7 Å². The molecule has 0 radical (unpaired) electrons. The van der Waals surface area contributed by atoms with Crippen LogP contribution >= 0.6 is 0 Å². The molecular weight excluding hydrogens is 258 g/mol. The fourth-order valence-electron chi connectivity index (χ4n) is 2.15. The summed E-state index contributed by atoms with van der Waals surface area (Å²) in [6.45, 7) is 2.66. The van der Waals surface area contributed by atoms with Crippen molar-refractivity contribution in [1.29, 1.82) is 0 Å². The van der Waals surface area contributed by atoms with Crippen LogP contribution in [0.5, 0.6) is 0 Å². The number of benzene rings is 1. The van der Waals surface area contributed by atoms with Crippen LogP contribution in [-0.4, -0.2) is 44.6 Å². The lowest BCUT2D eigenvalue weighted by Crippen LogP contribution is -2.44. The zero-order valence-electron chi connectivity index (χ0n) is 12.1. The van der Waals surface area contributed by atoms with Gasteiger partial charge < -0.3 is 20.3 Å². The molecule has 0 aliphatic carbocycles. The molecule has 112 valence electrons. The summed E-state index contributed by atoms with van der Waals surface area (Å²) >= 11 is 0. The number of aliphatic hydroxyl groups excluding tert-OH is 1. The summed E-state index contributed by atoms with van der Waals surface area (Å²) in [5.74, 6) is -0.364. The van der Waals surface area contributed by atoms with Gasteiger partial charge in [0.1, 0.15) is 5.41 Å². The maximum atomic E-state index is 12.2. The van der Waals surface area contributed by atoms with E-state index in [0.717, 1.165) is 11.1 Å². The minimum absolute atomic E-state index is 0.0433. The van der Waals surface area contributed by atoms with Gasteiger partial charge in [0.15, 0.2) is 0 Å². The molecular formula is C15H23NO4. The van der Waals surface area contributed by atoms with Crippen LogP contribution in [-0.2, 0) is 19.7 Å². The SMILES string of the molecule is COC(=O)C(CN)(CCOCCO)c1ccc(C)cc1. The molecule has 0 bridgehead atoms. The number of methoxy groups -OCH3 is 1. The molecule has 20 heavy (non-hydrogen) atoms. The second-order valence-corrected chi connectivity index (χ2v) is 4.73. The molecule has 0 fully saturated rings. The van der Waals surface area contributed by atoms with Crippen LogP contribution in [0.4, 0.5) is 0 Å². The summed E-state index contributed by atoms with van der Waals surface area (Å²) in [6.07, 6.45) is 0.416. The van der Waals surface area contributed by atoms with Crippen LogP contribution in [0, 0.1) is 6.92 Å². The monoisotopic (exact) mass is 281 g/mol. The summed E-state index contributed by atoms with van der Waals surface area (Å²) in [4.78, 5) is 12.2. The largest absolute Gasteiger partial charge is 0.468 e. The van der Waals surface area contributed by atoms with Gasteiger partial charge in [-0.3, -0.25) is 4.79 Å². The fourth-order valence-corrected chi connectivity index (χ4v) is 2.15. The Bertz CT molecular complexity index is 418. The third-order valence-electron chi connectivity index (χ3n) is 3.44. The molecule has 0 aliphatic heterocycles. The topological polar surface area (TPSA) is 81.8 Å². The zero-order valence-corrected chi connectivity index (χ0v) is 12.1. The molecule has 1 unspecified atom stereocenters. The maximum absolute atomic E-state index is 12.2. The highest BCUT2D eigenvalue weighted by atomic mass is 16.5. The number of rotatable bonds is 8. The van der Waals surface area contributed by atoms with Crippen molar-refractivity contribution < 1.29 is 19.4 Å². The van der Waals surface area contributed by atoms with Crippen LogP contribution in [0.1, 0.15) is 17.5 Å². The van der Waals surface area contributed by atoms with Crippen molar-refractivity contribution in [3.8, 4) is 0 Å². The first-order valence-corrected chi connectivity index (χ1v) is 6.65. The molecule has 0 aliphatic rings. The average Bonchev–Trinajstić information content (AvgIpc) is 2.48. The third kappa shape index (κ3) is 3.79. The van der Waals surface area contributed by atoms with Gasteiger partial charge in [-0.05, 0) is 18.9 Å². The predicted octanol–water partition coefficient (Wildman–Crippen LogP) is 0.764. The predicted molar refractivity (Wildman–Crippen MR) is 76.4 cm³/mol. The van der Waals surface area contributed by atoms with Gasteiger partial charge in [-0.15, -0.1) is 0 Å². The van der Waals surface area contributed by atoms with E-state index in [1.165, 1.54) is 7.11 Å². The van der Waals surface area contributed by atoms with Crippen molar-refractivity contribution in [1.82, 2.24) is 0 Å². The van der Waals surface area contributed by atoms with E-state index < -0.39 is 5.41 Å². The van der Waals surface area contributed by atoms with E-state index in [2.05, 4.69) is 0 Å². The van der Waals surface area contributed by atoms with Crippen LogP contribution in [0.3, 0.4) is 0 Å². The zero-order chi connectivity index (χ0) is 15.0. The first-order chi connectivity index (χ1) is 9.60. The molecule has 0 saturated carbocycles. The van der Waals surface area contributed by atoms with Crippen molar-refractivity contribution in [2.24, 2.45) is 5.73 Å². The number of carbonyl (C=O) groups is 1. The van der Waals surface area contributed by atoms with E-state index in [0.29, 0.717) is 13.0 Å². The Morgan fingerprint density at radius 3 is 2.45 bits per heavy atom. The van der Waals surface area contributed by atoms with Gasteiger partial charge in [-0.1, -0.05) is 29.8 Å². The van der Waals surface area contributed by atoms with Crippen molar-refractivity contribution in [3.05, 3.63) is 35.4 Å². The summed E-state index contributed by atoms with van der Waals surface area (Å²) in [7, 11) is 1.36. The Kier molecular flexibility index (Phi) is 6.64. The van der Waals surface area contributed by atoms with E-state index in [9.17, 15) is 4.79 Å². The summed E-state index contributed by atoms with van der Waals surface area (Å²) in [6, 6.07) is 7.67. The van der Waals surface area contributed by atoms with Crippen LogP contribution in [0.15, 0.2) is 24.3 Å². The van der Waals surface area contributed by atoms with Gasteiger partial charge in [-0.2, -0.15) is 0 Å². The molecule has 0 spiro atoms. The highest BCUT2D eigenvalue weighted by Gasteiger charge is 2.39. The lowest BCUT2D eigenvalue weighted by atomic mass is 9.77. The molecule has 5 heteroatoms. The second kappa shape index (κ2) is 7.99. The third-order valence-corrected chi connectivity index (χ3v) is 3.44. The van der Waals surface area contributed by atoms with Crippen molar-refractivity contribution in [2.75, 3.05) is 33.5 Å². The standard InChI is InChI=1S/C15H23NO4/c1-12-3-5-13(6-4-12)15(11-16,14(18)19-2)7-9-20-10-8-17/h3-6,17H,7-11,16H2,1-2H3. The number of nitrogens with two attached hydrogens (primary N) is 1. The first-order valence-electron chi connectivity index (χ1n) is 6.65. The van der Waals surface area contributed by atoms with Gasteiger partial charge in [0, 0.05) is 13.2 Å². The van der Waals surface area contributed by atoms with Gasteiger partial charge in [0.2, 0.25) is 0 Å². The Morgan fingerprint density at radius 2 is 1.95 bits per heavy atom. The lowest BCUT2D eigenvalue weighted by Gasteiger charge is -2.30. The number of hydrogen-bond acceptors (Lipinski definition) is 5. The summed E-state index contributed by atoms with van der Waals surface area (Å²) in [5.41, 5.74) is 6.89. The van der Waals surface area contributed by atoms with Crippen molar-refractivity contribution in [2.45, 2.75) is 18.8 Å². The second-order valence-electron chi connectivity index (χ2n) is 4.73. The number of carbonyl (C=O) groups excluding carboxylic acids is 1. The highest BCUT2D eigenvalue weighted by Crippen LogP contribution is 2.29. The van der Waals surface area contributed by atoms with E-state index in [1.54, 1.807) is 0 Å². The molecule has 0 saturated heterocycles. The number of ether oxygens (including phenoxy) is 2. The van der Waals surface area contributed by atoms with Crippen LogP contribution in [0.25, 0.3) is 0 Å². The fraction of sp³-hybridized carbons (Fsp3) is 0.533. The Labute approximate surface area is 119 Å². The van der Waals surface area contributed by atoms with Crippen LogP contribution in [0.2, 0.25) is 0 Å². The Hall–Kier alpha value is -1.43. The minimum Gasteiger partial charge on any atom is -0.468 e. The van der Waals surface area contributed by atoms with Gasteiger partial charge in [0.05, 0.1) is 20.3 Å². The summed E-state index contributed by atoms with van der Waals surface area (Å²) < 4.78 is 10.2. The van der Waals surface area contributed by atoms with E-state index >= 15 is 0 Å². The molecule has 1 aromatic carbocycles. The quantitative estimate of drug-likeness (QED) is 0.543. The molecule has 1 atom stereocenters. The number of aliphatic hydroxyl groups is 1. The number of hydrogen-bond donors (Lipinski definition) is 2.